The normalized spacial score (nSPS) is 14.4. The molecular weight excluding hydrogens is 269 g/mol. The van der Waals surface area contributed by atoms with Crippen LogP contribution in [0.2, 0.25) is 0 Å². The van der Waals surface area contributed by atoms with Crippen LogP contribution in [0.5, 0.6) is 0 Å². The molecular formula is C18H20BN3. The largest absolute Gasteiger partial charge is 0.416 e. The van der Waals surface area contributed by atoms with E-state index >= 15 is 0 Å². The van der Waals surface area contributed by atoms with Crippen LogP contribution >= 0.6 is 0 Å². The van der Waals surface area contributed by atoms with Gasteiger partial charge in [0, 0.05) is 6.20 Å². The number of rotatable bonds is 2. The van der Waals surface area contributed by atoms with Crippen LogP contribution in [0.25, 0.3) is 0 Å². The Balaban J connectivity index is 2.15. The van der Waals surface area contributed by atoms with Gasteiger partial charge in [-0.25, -0.2) is 4.98 Å². The molecule has 0 amide bonds. The lowest BCUT2D eigenvalue weighted by Crippen LogP contribution is -2.57. The SMILES string of the molecule is Cc1cccc(C)c1B1N(C)C=CC=CN1c1ccccn1. The molecule has 0 saturated carbocycles. The van der Waals surface area contributed by atoms with Crippen LogP contribution in [0.4, 0.5) is 5.82 Å². The minimum absolute atomic E-state index is 0.0890. The van der Waals surface area contributed by atoms with Gasteiger partial charge in [0.05, 0.1) is 0 Å². The van der Waals surface area contributed by atoms with E-state index in [1.54, 1.807) is 0 Å². The van der Waals surface area contributed by atoms with Crippen molar-refractivity contribution in [3.8, 4) is 0 Å². The highest BCUT2D eigenvalue weighted by Gasteiger charge is 2.32. The fourth-order valence-electron chi connectivity index (χ4n) is 2.97. The summed E-state index contributed by atoms with van der Waals surface area (Å²) in [6.07, 6.45) is 10.2. The van der Waals surface area contributed by atoms with Gasteiger partial charge >= 0.3 is 6.98 Å². The highest BCUT2D eigenvalue weighted by atomic mass is 15.2. The summed E-state index contributed by atoms with van der Waals surface area (Å²) in [6.45, 7) is 4.43. The van der Waals surface area contributed by atoms with Gasteiger partial charge < -0.3 is 9.62 Å². The molecule has 2 aromatic rings. The Morgan fingerprint density at radius 1 is 0.909 bits per heavy atom. The van der Waals surface area contributed by atoms with Crippen LogP contribution < -0.4 is 10.3 Å². The first-order valence-corrected chi connectivity index (χ1v) is 7.51. The lowest BCUT2D eigenvalue weighted by molar-refractivity contribution is 0.712. The van der Waals surface area contributed by atoms with E-state index in [4.69, 9.17) is 0 Å². The molecule has 3 rings (SSSR count). The fraction of sp³-hybridized carbons (Fsp3) is 0.167. The molecule has 110 valence electrons. The molecule has 0 atom stereocenters. The number of anilines is 1. The van der Waals surface area contributed by atoms with E-state index in [-0.39, 0.29) is 6.98 Å². The van der Waals surface area contributed by atoms with Crippen molar-refractivity contribution in [2.75, 3.05) is 11.9 Å². The Morgan fingerprint density at radius 2 is 1.64 bits per heavy atom. The number of benzene rings is 1. The zero-order valence-corrected chi connectivity index (χ0v) is 13.3. The number of nitrogens with zero attached hydrogens (tertiary/aromatic N) is 3. The third-order valence-electron chi connectivity index (χ3n) is 4.04. The Bertz CT molecular complexity index is 689. The first-order valence-electron chi connectivity index (χ1n) is 7.51. The molecule has 4 heteroatoms. The predicted octanol–water partition coefficient (Wildman–Crippen LogP) is 2.87. The van der Waals surface area contributed by atoms with Gasteiger partial charge in [-0.15, -0.1) is 0 Å². The summed E-state index contributed by atoms with van der Waals surface area (Å²) in [5.74, 6) is 0.946. The molecule has 0 saturated heterocycles. The Labute approximate surface area is 132 Å². The number of hydrogen-bond donors (Lipinski definition) is 0. The number of allylic oxidation sites excluding steroid dienone is 2. The second kappa shape index (κ2) is 6.10. The number of aromatic nitrogens is 1. The van der Waals surface area contributed by atoms with Crippen LogP contribution in [-0.4, -0.2) is 23.8 Å². The van der Waals surface area contributed by atoms with Gasteiger partial charge in [0.25, 0.3) is 0 Å². The molecule has 0 spiro atoms. The predicted molar refractivity (Wildman–Crippen MR) is 94.1 cm³/mol. The molecule has 0 unspecified atom stereocenters. The summed E-state index contributed by atoms with van der Waals surface area (Å²) in [5, 5.41) is 0. The van der Waals surface area contributed by atoms with Gasteiger partial charge in [-0.05, 0) is 63.0 Å². The minimum atomic E-state index is 0.0890. The number of aryl methyl sites for hydroxylation is 2. The van der Waals surface area contributed by atoms with Gasteiger partial charge in [-0.2, -0.15) is 0 Å². The average molecular weight is 289 g/mol. The number of hydrogen-bond acceptors (Lipinski definition) is 3. The van der Waals surface area contributed by atoms with Gasteiger partial charge in [-0.1, -0.05) is 35.4 Å². The molecule has 22 heavy (non-hydrogen) atoms. The minimum Gasteiger partial charge on any atom is -0.400 e. The second-order valence-corrected chi connectivity index (χ2v) is 5.62. The van der Waals surface area contributed by atoms with Gasteiger partial charge in [0.2, 0.25) is 0 Å². The van der Waals surface area contributed by atoms with E-state index in [2.05, 4.69) is 78.3 Å². The monoisotopic (exact) mass is 289 g/mol. The van der Waals surface area contributed by atoms with Crippen LogP contribution in [0.1, 0.15) is 11.1 Å². The summed E-state index contributed by atoms with van der Waals surface area (Å²) in [6, 6.07) is 12.5. The summed E-state index contributed by atoms with van der Waals surface area (Å²) in [4.78, 5) is 8.98. The zero-order valence-electron chi connectivity index (χ0n) is 13.3. The third kappa shape index (κ3) is 2.64. The van der Waals surface area contributed by atoms with E-state index < -0.39 is 0 Å². The molecule has 1 aliphatic heterocycles. The van der Waals surface area contributed by atoms with Crippen LogP contribution in [0, 0.1) is 13.8 Å². The topological polar surface area (TPSA) is 19.4 Å². The average Bonchev–Trinajstić information content (AvgIpc) is 2.71. The molecule has 2 heterocycles. The quantitative estimate of drug-likeness (QED) is 0.792. The van der Waals surface area contributed by atoms with Gasteiger partial charge in [-0.3, -0.25) is 0 Å². The lowest BCUT2D eigenvalue weighted by Gasteiger charge is -2.33. The van der Waals surface area contributed by atoms with E-state index in [1.807, 2.05) is 24.4 Å². The van der Waals surface area contributed by atoms with Crippen molar-refractivity contribution in [1.82, 2.24) is 9.79 Å². The summed E-state index contributed by atoms with van der Waals surface area (Å²) < 4.78 is 0. The first-order chi connectivity index (χ1) is 10.7. The molecule has 1 aliphatic rings. The van der Waals surface area contributed by atoms with E-state index in [1.165, 1.54) is 16.6 Å². The van der Waals surface area contributed by atoms with Crippen molar-refractivity contribution < 1.29 is 0 Å². The summed E-state index contributed by atoms with van der Waals surface area (Å²) in [5.41, 5.74) is 3.91. The standard InChI is InChI=1S/C18H20BN3/c1-15-9-8-10-16(2)18(15)19-21(3)13-6-7-14-22(19)17-11-4-5-12-20-17/h4-14H,1-3H3. The molecule has 1 aromatic carbocycles. The van der Waals surface area contributed by atoms with Crippen molar-refractivity contribution in [2.45, 2.75) is 13.8 Å². The Morgan fingerprint density at radius 3 is 2.32 bits per heavy atom. The van der Waals surface area contributed by atoms with Crippen molar-refractivity contribution in [3.63, 3.8) is 0 Å². The van der Waals surface area contributed by atoms with E-state index in [0.717, 1.165) is 5.82 Å². The zero-order chi connectivity index (χ0) is 15.5. The molecule has 0 bridgehead atoms. The summed E-state index contributed by atoms with van der Waals surface area (Å²) >= 11 is 0. The van der Waals surface area contributed by atoms with Gasteiger partial charge in [0.1, 0.15) is 5.82 Å². The maximum atomic E-state index is 4.53. The maximum absolute atomic E-state index is 4.53. The van der Waals surface area contributed by atoms with Crippen LogP contribution in [-0.2, 0) is 0 Å². The highest BCUT2D eigenvalue weighted by molar-refractivity contribution is 6.75. The van der Waals surface area contributed by atoms with E-state index in [9.17, 15) is 0 Å². The first kappa shape index (κ1) is 14.5. The molecule has 0 radical (unpaired) electrons. The molecule has 1 aromatic heterocycles. The number of pyridine rings is 1. The third-order valence-corrected chi connectivity index (χ3v) is 4.04. The van der Waals surface area contributed by atoms with Crippen molar-refractivity contribution >= 4 is 18.3 Å². The maximum Gasteiger partial charge on any atom is 0.416 e. The van der Waals surface area contributed by atoms with Crippen molar-refractivity contribution in [1.29, 1.82) is 0 Å². The van der Waals surface area contributed by atoms with Crippen LogP contribution in [0.3, 0.4) is 0 Å². The van der Waals surface area contributed by atoms with Crippen LogP contribution in [0.15, 0.2) is 67.1 Å². The summed E-state index contributed by atoms with van der Waals surface area (Å²) in [7, 11) is 2.11. The van der Waals surface area contributed by atoms with Gasteiger partial charge in [0.15, 0.2) is 0 Å². The van der Waals surface area contributed by atoms with Crippen molar-refractivity contribution in [2.24, 2.45) is 0 Å². The molecule has 0 fully saturated rings. The second-order valence-electron chi connectivity index (χ2n) is 5.62. The van der Waals surface area contributed by atoms with E-state index in [0.29, 0.717) is 0 Å². The van der Waals surface area contributed by atoms with Crippen molar-refractivity contribution in [3.05, 3.63) is 78.3 Å². The highest BCUT2D eigenvalue weighted by Crippen LogP contribution is 2.18. The smallest absolute Gasteiger partial charge is 0.400 e. The Kier molecular flexibility index (Phi) is 4.01. The lowest BCUT2D eigenvalue weighted by atomic mass is 9.61. The Hall–Kier alpha value is -2.49. The fourth-order valence-corrected chi connectivity index (χ4v) is 2.97. The molecule has 0 N–H and O–H groups in total. The molecule has 3 nitrogen and oxygen atoms in total. The molecule has 0 aliphatic carbocycles.